The minimum absolute atomic E-state index is 0.215. The lowest BCUT2D eigenvalue weighted by Gasteiger charge is -2.19. The fourth-order valence-electron chi connectivity index (χ4n) is 2.47. The summed E-state index contributed by atoms with van der Waals surface area (Å²) >= 11 is 0. The van der Waals surface area contributed by atoms with E-state index in [1.165, 1.54) is 12.8 Å². The Kier molecular flexibility index (Phi) is 9.13. The van der Waals surface area contributed by atoms with E-state index in [-0.39, 0.29) is 5.91 Å². The molecule has 0 fully saturated rings. The van der Waals surface area contributed by atoms with E-state index in [1.807, 2.05) is 0 Å². The molecule has 0 rings (SSSR count). The lowest BCUT2D eigenvalue weighted by Crippen LogP contribution is -2.29. The lowest BCUT2D eigenvalue weighted by molar-refractivity contribution is -0.121. The average molecular weight is 255 g/mol. The number of carbonyl (C=O) groups is 1. The van der Waals surface area contributed by atoms with Gasteiger partial charge in [0.15, 0.2) is 0 Å². The molecule has 2 atom stereocenters. The second-order valence-electron chi connectivity index (χ2n) is 6.81. The van der Waals surface area contributed by atoms with Crippen LogP contribution in [0.2, 0.25) is 0 Å². The van der Waals surface area contributed by atoms with Crippen LogP contribution in [0.5, 0.6) is 0 Å². The van der Waals surface area contributed by atoms with Crippen LogP contribution in [0.15, 0.2) is 0 Å². The van der Waals surface area contributed by atoms with Crippen molar-refractivity contribution in [3.8, 4) is 0 Å². The summed E-state index contributed by atoms with van der Waals surface area (Å²) in [5.41, 5.74) is 0. The molecule has 0 aliphatic rings. The molecule has 0 aliphatic heterocycles. The van der Waals surface area contributed by atoms with Gasteiger partial charge in [-0.2, -0.15) is 0 Å². The SMILES string of the molecule is CC(C)CCC(=O)NCC(C)CC(C)CC(C)C. The van der Waals surface area contributed by atoms with E-state index in [0.717, 1.165) is 24.8 Å². The quantitative estimate of drug-likeness (QED) is 0.656. The molecule has 0 heterocycles. The minimum atomic E-state index is 0.215. The zero-order chi connectivity index (χ0) is 14.1. The van der Waals surface area contributed by atoms with E-state index in [9.17, 15) is 4.79 Å². The van der Waals surface area contributed by atoms with Gasteiger partial charge in [-0.05, 0) is 42.9 Å². The Morgan fingerprint density at radius 3 is 2.00 bits per heavy atom. The van der Waals surface area contributed by atoms with E-state index < -0.39 is 0 Å². The van der Waals surface area contributed by atoms with Gasteiger partial charge in [0, 0.05) is 13.0 Å². The van der Waals surface area contributed by atoms with Crippen LogP contribution in [0.4, 0.5) is 0 Å². The van der Waals surface area contributed by atoms with E-state index >= 15 is 0 Å². The Balaban J connectivity index is 3.69. The predicted molar refractivity (Wildman–Crippen MR) is 79.5 cm³/mol. The van der Waals surface area contributed by atoms with E-state index in [1.54, 1.807) is 0 Å². The molecule has 0 bridgehead atoms. The highest BCUT2D eigenvalue weighted by molar-refractivity contribution is 5.75. The first-order valence-corrected chi connectivity index (χ1v) is 7.57. The fourth-order valence-corrected chi connectivity index (χ4v) is 2.47. The highest BCUT2D eigenvalue weighted by Crippen LogP contribution is 2.19. The molecular weight excluding hydrogens is 222 g/mol. The number of hydrogen-bond acceptors (Lipinski definition) is 1. The highest BCUT2D eigenvalue weighted by Gasteiger charge is 2.11. The number of carbonyl (C=O) groups excluding carboxylic acids is 1. The molecule has 108 valence electrons. The van der Waals surface area contributed by atoms with Crippen LogP contribution < -0.4 is 5.32 Å². The van der Waals surface area contributed by atoms with Gasteiger partial charge >= 0.3 is 0 Å². The first kappa shape index (κ1) is 17.5. The summed E-state index contributed by atoms with van der Waals surface area (Å²) in [5, 5.41) is 3.06. The largest absolute Gasteiger partial charge is 0.356 e. The van der Waals surface area contributed by atoms with E-state index in [4.69, 9.17) is 0 Å². The normalized spacial score (nSPS) is 14.9. The zero-order valence-corrected chi connectivity index (χ0v) is 13.3. The average Bonchev–Trinajstić information content (AvgIpc) is 2.22. The van der Waals surface area contributed by atoms with Crippen molar-refractivity contribution in [2.24, 2.45) is 23.7 Å². The summed E-state index contributed by atoms with van der Waals surface area (Å²) < 4.78 is 0. The standard InChI is InChI=1S/C16H33NO/c1-12(2)7-8-16(18)17-11-15(6)10-14(5)9-13(3)4/h12-15H,7-11H2,1-6H3,(H,17,18). The molecule has 0 spiro atoms. The fraction of sp³-hybridized carbons (Fsp3) is 0.938. The van der Waals surface area contributed by atoms with Crippen LogP contribution in [0.1, 0.15) is 67.2 Å². The minimum Gasteiger partial charge on any atom is -0.356 e. The predicted octanol–water partition coefficient (Wildman–Crippen LogP) is 4.25. The number of rotatable bonds is 9. The molecule has 0 aliphatic carbocycles. The summed E-state index contributed by atoms with van der Waals surface area (Å²) in [7, 11) is 0. The van der Waals surface area contributed by atoms with E-state index in [0.29, 0.717) is 18.3 Å². The summed E-state index contributed by atoms with van der Waals surface area (Å²) in [6.07, 6.45) is 4.16. The molecule has 0 radical (unpaired) electrons. The van der Waals surface area contributed by atoms with Crippen LogP contribution in [0, 0.1) is 23.7 Å². The summed E-state index contributed by atoms with van der Waals surface area (Å²) in [5.74, 6) is 2.94. The second kappa shape index (κ2) is 9.41. The maximum Gasteiger partial charge on any atom is 0.220 e. The lowest BCUT2D eigenvalue weighted by atomic mass is 9.90. The van der Waals surface area contributed by atoms with Gasteiger partial charge < -0.3 is 5.32 Å². The van der Waals surface area contributed by atoms with Gasteiger partial charge in [-0.15, -0.1) is 0 Å². The van der Waals surface area contributed by atoms with Gasteiger partial charge in [-0.25, -0.2) is 0 Å². The molecule has 2 nitrogen and oxygen atoms in total. The highest BCUT2D eigenvalue weighted by atomic mass is 16.1. The number of nitrogens with one attached hydrogen (secondary N) is 1. The van der Waals surface area contributed by atoms with Gasteiger partial charge in [0.1, 0.15) is 0 Å². The van der Waals surface area contributed by atoms with Crippen molar-refractivity contribution in [2.75, 3.05) is 6.54 Å². The summed E-state index contributed by atoms with van der Waals surface area (Å²) in [4.78, 5) is 11.6. The van der Waals surface area contributed by atoms with Gasteiger partial charge in [-0.3, -0.25) is 4.79 Å². The molecule has 0 aromatic heterocycles. The topological polar surface area (TPSA) is 29.1 Å². The van der Waals surface area contributed by atoms with Crippen LogP contribution in [0.25, 0.3) is 0 Å². The molecule has 0 aromatic rings. The Labute approximate surface area is 114 Å². The molecule has 2 unspecified atom stereocenters. The Morgan fingerprint density at radius 1 is 0.889 bits per heavy atom. The van der Waals surface area contributed by atoms with Crippen molar-refractivity contribution >= 4 is 5.91 Å². The van der Waals surface area contributed by atoms with Crippen molar-refractivity contribution in [3.05, 3.63) is 0 Å². The third kappa shape index (κ3) is 10.6. The molecule has 2 heteroatoms. The van der Waals surface area contributed by atoms with Crippen molar-refractivity contribution < 1.29 is 4.79 Å². The first-order valence-electron chi connectivity index (χ1n) is 7.57. The van der Waals surface area contributed by atoms with Gasteiger partial charge in [0.05, 0.1) is 0 Å². The monoisotopic (exact) mass is 255 g/mol. The molecule has 1 N–H and O–H groups in total. The molecule has 1 amide bonds. The van der Waals surface area contributed by atoms with Crippen LogP contribution in [-0.2, 0) is 4.79 Å². The molecular formula is C16H33NO. The summed E-state index contributed by atoms with van der Waals surface area (Å²) in [6.45, 7) is 14.2. The zero-order valence-electron chi connectivity index (χ0n) is 13.3. The van der Waals surface area contributed by atoms with Crippen LogP contribution >= 0.6 is 0 Å². The number of amides is 1. The van der Waals surface area contributed by atoms with Crippen LogP contribution in [-0.4, -0.2) is 12.5 Å². The van der Waals surface area contributed by atoms with Crippen LogP contribution in [0.3, 0.4) is 0 Å². The Bertz CT molecular complexity index is 223. The van der Waals surface area contributed by atoms with E-state index in [2.05, 4.69) is 46.9 Å². The smallest absolute Gasteiger partial charge is 0.220 e. The molecule has 0 saturated carbocycles. The Morgan fingerprint density at radius 2 is 1.50 bits per heavy atom. The third-order valence-corrected chi connectivity index (χ3v) is 3.27. The third-order valence-electron chi connectivity index (χ3n) is 3.27. The molecule has 0 aromatic carbocycles. The number of hydrogen-bond donors (Lipinski definition) is 1. The summed E-state index contributed by atoms with van der Waals surface area (Å²) in [6, 6.07) is 0. The Hall–Kier alpha value is -0.530. The first-order chi connectivity index (χ1) is 8.31. The van der Waals surface area contributed by atoms with Crippen molar-refractivity contribution in [1.29, 1.82) is 0 Å². The maximum absolute atomic E-state index is 11.6. The van der Waals surface area contributed by atoms with Crippen molar-refractivity contribution in [3.63, 3.8) is 0 Å². The van der Waals surface area contributed by atoms with Gasteiger partial charge in [0.2, 0.25) is 5.91 Å². The molecule has 18 heavy (non-hydrogen) atoms. The second-order valence-corrected chi connectivity index (χ2v) is 6.81. The van der Waals surface area contributed by atoms with Gasteiger partial charge in [-0.1, -0.05) is 41.5 Å². The van der Waals surface area contributed by atoms with Crippen molar-refractivity contribution in [2.45, 2.75) is 67.2 Å². The molecule has 0 saturated heterocycles. The van der Waals surface area contributed by atoms with Crippen molar-refractivity contribution in [1.82, 2.24) is 5.32 Å². The maximum atomic E-state index is 11.6. The van der Waals surface area contributed by atoms with Gasteiger partial charge in [0.25, 0.3) is 0 Å².